The van der Waals surface area contributed by atoms with E-state index in [2.05, 4.69) is 15.1 Å². The minimum absolute atomic E-state index is 0.468. The number of rotatable bonds is 4. The molecule has 0 aliphatic rings. The van der Waals surface area contributed by atoms with Gasteiger partial charge >= 0.3 is 0 Å². The van der Waals surface area contributed by atoms with E-state index in [0.717, 1.165) is 18.5 Å². The van der Waals surface area contributed by atoms with Crippen LogP contribution in [-0.4, -0.2) is 21.7 Å². The Balaban J connectivity index is 2.18. The summed E-state index contributed by atoms with van der Waals surface area (Å²) in [4.78, 5) is 8.58. The van der Waals surface area contributed by atoms with Crippen LogP contribution in [0.2, 0.25) is 0 Å². The fourth-order valence-electron chi connectivity index (χ4n) is 1.38. The van der Waals surface area contributed by atoms with Crippen molar-refractivity contribution in [3.05, 3.63) is 29.7 Å². The summed E-state index contributed by atoms with van der Waals surface area (Å²) in [6.07, 6.45) is 1.60. The smallest absolute Gasteiger partial charge is 0.276 e. The van der Waals surface area contributed by atoms with Gasteiger partial charge in [-0.1, -0.05) is 11.2 Å². The standard InChI is InChI=1S/C11H14N4O/c1-8-4-2-5-9(13-8)11-14-10(15-16-11)6-3-7-12/h2,4-5H,3,6-7,12H2,1H3. The molecule has 84 valence electrons. The van der Waals surface area contributed by atoms with Gasteiger partial charge in [0.25, 0.3) is 5.89 Å². The molecule has 0 aliphatic heterocycles. The maximum atomic E-state index is 5.42. The summed E-state index contributed by atoms with van der Waals surface area (Å²) < 4.78 is 5.14. The van der Waals surface area contributed by atoms with Crippen molar-refractivity contribution in [3.63, 3.8) is 0 Å². The van der Waals surface area contributed by atoms with E-state index in [0.29, 0.717) is 24.0 Å². The van der Waals surface area contributed by atoms with Crippen molar-refractivity contribution in [3.8, 4) is 11.6 Å². The van der Waals surface area contributed by atoms with Crippen LogP contribution in [0.3, 0.4) is 0 Å². The van der Waals surface area contributed by atoms with Gasteiger partial charge in [-0.3, -0.25) is 0 Å². The Morgan fingerprint density at radius 3 is 2.94 bits per heavy atom. The zero-order valence-corrected chi connectivity index (χ0v) is 9.18. The van der Waals surface area contributed by atoms with E-state index in [1.54, 1.807) is 0 Å². The summed E-state index contributed by atoms with van der Waals surface area (Å²) in [5.74, 6) is 1.15. The summed E-state index contributed by atoms with van der Waals surface area (Å²) in [6, 6.07) is 5.70. The molecule has 0 spiro atoms. The Kier molecular flexibility index (Phi) is 3.26. The Morgan fingerprint density at radius 1 is 1.31 bits per heavy atom. The van der Waals surface area contributed by atoms with Gasteiger partial charge in [-0.2, -0.15) is 4.98 Å². The molecular weight excluding hydrogens is 204 g/mol. The molecule has 0 atom stereocenters. The summed E-state index contributed by atoms with van der Waals surface area (Å²) >= 11 is 0. The lowest BCUT2D eigenvalue weighted by Gasteiger charge is -1.94. The fourth-order valence-corrected chi connectivity index (χ4v) is 1.38. The highest BCUT2D eigenvalue weighted by atomic mass is 16.5. The zero-order chi connectivity index (χ0) is 11.4. The molecular formula is C11H14N4O. The number of hydrogen-bond donors (Lipinski definition) is 1. The lowest BCUT2D eigenvalue weighted by Crippen LogP contribution is -2.01. The van der Waals surface area contributed by atoms with E-state index >= 15 is 0 Å². The van der Waals surface area contributed by atoms with E-state index in [9.17, 15) is 0 Å². The summed E-state index contributed by atoms with van der Waals surface area (Å²) in [6.45, 7) is 2.56. The van der Waals surface area contributed by atoms with Gasteiger partial charge in [-0.05, 0) is 32.0 Å². The number of aryl methyl sites for hydroxylation is 2. The molecule has 0 amide bonds. The van der Waals surface area contributed by atoms with E-state index < -0.39 is 0 Å². The average Bonchev–Trinajstić information content (AvgIpc) is 2.75. The normalized spacial score (nSPS) is 10.6. The molecule has 2 aromatic rings. The number of nitrogens with zero attached hydrogens (tertiary/aromatic N) is 3. The van der Waals surface area contributed by atoms with Crippen LogP contribution in [0.1, 0.15) is 17.9 Å². The maximum absolute atomic E-state index is 5.42. The van der Waals surface area contributed by atoms with Crippen LogP contribution in [-0.2, 0) is 6.42 Å². The van der Waals surface area contributed by atoms with Gasteiger partial charge in [-0.25, -0.2) is 4.98 Å². The third-order valence-electron chi connectivity index (χ3n) is 2.18. The van der Waals surface area contributed by atoms with Gasteiger partial charge in [0, 0.05) is 12.1 Å². The largest absolute Gasteiger partial charge is 0.332 e. The lowest BCUT2D eigenvalue weighted by molar-refractivity contribution is 0.420. The fraction of sp³-hybridized carbons (Fsp3) is 0.364. The highest BCUT2D eigenvalue weighted by molar-refractivity contribution is 5.46. The Bertz CT molecular complexity index is 467. The first kappa shape index (κ1) is 10.8. The summed E-state index contributed by atoms with van der Waals surface area (Å²) in [5.41, 5.74) is 7.06. The lowest BCUT2D eigenvalue weighted by atomic mass is 10.3. The van der Waals surface area contributed by atoms with Crippen LogP contribution >= 0.6 is 0 Å². The highest BCUT2D eigenvalue weighted by Gasteiger charge is 2.09. The third kappa shape index (κ3) is 2.43. The van der Waals surface area contributed by atoms with Gasteiger partial charge in [0.05, 0.1) is 0 Å². The van der Waals surface area contributed by atoms with Crippen LogP contribution in [0.4, 0.5) is 0 Å². The van der Waals surface area contributed by atoms with E-state index in [1.807, 2.05) is 25.1 Å². The predicted octanol–water partition coefficient (Wildman–Crippen LogP) is 1.33. The van der Waals surface area contributed by atoms with Crippen LogP contribution in [0.5, 0.6) is 0 Å². The zero-order valence-electron chi connectivity index (χ0n) is 9.18. The van der Waals surface area contributed by atoms with E-state index in [-0.39, 0.29) is 0 Å². The molecule has 2 heterocycles. The van der Waals surface area contributed by atoms with Crippen molar-refractivity contribution in [2.45, 2.75) is 19.8 Å². The second-order valence-corrected chi connectivity index (χ2v) is 3.57. The molecule has 0 fully saturated rings. The monoisotopic (exact) mass is 218 g/mol. The van der Waals surface area contributed by atoms with Gasteiger partial charge in [0.1, 0.15) is 5.69 Å². The van der Waals surface area contributed by atoms with Crippen molar-refractivity contribution in [2.24, 2.45) is 5.73 Å². The van der Waals surface area contributed by atoms with Crippen molar-refractivity contribution in [2.75, 3.05) is 6.54 Å². The molecule has 2 N–H and O–H groups in total. The van der Waals surface area contributed by atoms with Crippen molar-refractivity contribution >= 4 is 0 Å². The Hall–Kier alpha value is -1.75. The number of aromatic nitrogens is 3. The molecule has 0 aromatic carbocycles. The molecule has 5 heteroatoms. The molecule has 2 aromatic heterocycles. The first-order valence-electron chi connectivity index (χ1n) is 5.26. The molecule has 0 radical (unpaired) electrons. The van der Waals surface area contributed by atoms with E-state index in [4.69, 9.17) is 10.3 Å². The molecule has 0 saturated heterocycles. The van der Waals surface area contributed by atoms with Gasteiger partial charge in [0.2, 0.25) is 0 Å². The number of hydrogen-bond acceptors (Lipinski definition) is 5. The van der Waals surface area contributed by atoms with Crippen LogP contribution in [0, 0.1) is 6.92 Å². The first-order chi connectivity index (χ1) is 7.79. The molecule has 0 saturated carbocycles. The average molecular weight is 218 g/mol. The van der Waals surface area contributed by atoms with Crippen molar-refractivity contribution in [1.82, 2.24) is 15.1 Å². The Morgan fingerprint density at radius 2 is 2.19 bits per heavy atom. The Labute approximate surface area is 93.7 Å². The SMILES string of the molecule is Cc1cccc(-c2nc(CCCN)no2)n1. The van der Waals surface area contributed by atoms with Gasteiger partial charge in [0.15, 0.2) is 5.82 Å². The number of pyridine rings is 1. The molecule has 5 nitrogen and oxygen atoms in total. The minimum Gasteiger partial charge on any atom is -0.332 e. The first-order valence-corrected chi connectivity index (χ1v) is 5.26. The van der Waals surface area contributed by atoms with Gasteiger partial charge < -0.3 is 10.3 Å². The number of nitrogens with two attached hydrogens (primary N) is 1. The molecule has 0 aliphatic carbocycles. The quantitative estimate of drug-likeness (QED) is 0.837. The summed E-state index contributed by atoms with van der Waals surface area (Å²) in [7, 11) is 0. The van der Waals surface area contributed by atoms with Gasteiger partial charge in [-0.15, -0.1) is 0 Å². The van der Waals surface area contributed by atoms with Crippen LogP contribution in [0.15, 0.2) is 22.7 Å². The second-order valence-electron chi connectivity index (χ2n) is 3.57. The molecule has 0 unspecified atom stereocenters. The molecule has 2 rings (SSSR count). The third-order valence-corrected chi connectivity index (χ3v) is 2.18. The maximum Gasteiger partial charge on any atom is 0.276 e. The van der Waals surface area contributed by atoms with Crippen LogP contribution in [0.25, 0.3) is 11.6 Å². The van der Waals surface area contributed by atoms with Crippen molar-refractivity contribution in [1.29, 1.82) is 0 Å². The minimum atomic E-state index is 0.468. The predicted molar refractivity (Wildman–Crippen MR) is 59.6 cm³/mol. The van der Waals surface area contributed by atoms with Crippen LogP contribution < -0.4 is 5.73 Å². The van der Waals surface area contributed by atoms with E-state index in [1.165, 1.54) is 0 Å². The van der Waals surface area contributed by atoms with Crippen molar-refractivity contribution < 1.29 is 4.52 Å². The second kappa shape index (κ2) is 4.85. The summed E-state index contributed by atoms with van der Waals surface area (Å²) in [5, 5.41) is 3.88. The highest BCUT2D eigenvalue weighted by Crippen LogP contribution is 2.14. The topological polar surface area (TPSA) is 77.8 Å². The molecule has 16 heavy (non-hydrogen) atoms. The molecule has 0 bridgehead atoms.